The van der Waals surface area contributed by atoms with Crippen LogP contribution in [0.25, 0.3) is 11.4 Å². The van der Waals surface area contributed by atoms with Gasteiger partial charge in [0.1, 0.15) is 5.82 Å². The summed E-state index contributed by atoms with van der Waals surface area (Å²) in [5.74, 6) is 1.59. The van der Waals surface area contributed by atoms with Crippen molar-refractivity contribution in [2.24, 2.45) is 0 Å². The van der Waals surface area contributed by atoms with Crippen LogP contribution in [0.3, 0.4) is 0 Å². The fourth-order valence-electron chi connectivity index (χ4n) is 1.81. The molecule has 0 aliphatic heterocycles. The molecule has 1 N–H and O–H groups in total. The molecule has 0 unspecified atom stereocenters. The zero-order valence-corrected chi connectivity index (χ0v) is 13.9. The standard InChI is InChI=1S/C15H17BrClN3/c1-3-7-18-14-9-11(4-2)19-15(20-14)12-6-5-10(17)8-13(12)16/h5-6,8-9H,3-4,7H2,1-2H3,(H,18,19,20). The summed E-state index contributed by atoms with van der Waals surface area (Å²) in [4.78, 5) is 9.18. The molecular weight excluding hydrogens is 338 g/mol. The van der Waals surface area contributed by atoms with Gasteiger partial charge in [0.2, 0.25) is 0 Å². The molecule has 0 aliphatic rings. The molecule has 0 radical (unpaired) electrons. The molecule has 0 fully saturated rings. The number of nitrogens with one attached hydrogen (secondary N) is 1. The molecule has 2 aromatic rings. The van der Waals surface area contributed by atoms with Crippen molar-refractivity contribution in [1.29, 1.82) is 0 Å². The highest BCUT2D eigenvalue weighted by Gasteiger charge is 2.09. The van der Waals surface area contributed by atoms with Crippen LogP contribution in [0.15, 0.2) is 28.7 Å². The number of aromatic nitrogens is 2. The van der Waals surface area contributed by atoms with Crippen molar-refractivity contribution in [3.8, 4) is 11.4 Å². The van der Waals surface area contributed by atoms with Crippen LogP contribution in [-0.4, -0.2) is 16.5 Å². The van der Waals surface area contributed by atoms with Crippen molar-refractivity contribution in [2.75, 3.05) is 11.9 Å². The molecule has 2 rings (SSSR count). The zero-order chi connectivity index (χ0) is 14.5. The third-order valence-corrected chi connectivity index (χ3v) is 3.76. The summed E-state index contributed by atoms with van der Waals surface area (Å²) in [7, 11) is 0. The molecule has 0 atom stereocenters. The van der Waals surface area contributed by atoms with Gasteiger partial charge in [-0.3, -0.25) is 0 Å². The molecule has 0 saturated carbocycles. The van der Waals surface area contributed by atoms with Gasteiger partial charge in [-0.2, -0.15) is 0 Å². The largest absolute Gasteiger partial charge is 0.370 e. The topological polar surface area (TPSA) is 37.8 Å². The van der Waals surface area contributed by atoms with Gasteiger partial charge in [-0.25, -0.2) is 9.97 Å². The van der Waals surface area contributed by atoms with E-state index in [0.29, 0.717) is 10.8 Å². The Labute approximate surface area is 132 Å². The lowest BCUT2D eigenvalue weighted by molar-refractivity contribution is 0.951. The molecule has 20 heavy (non-hydrogen) atoms. The first kappa shape index (κ1) is 15.3. The van der Waals surface area contributed by atoms with Crippen LogP contribution in [0, 0.1) is 0 Å². The normalized spacial score (nSPS) is 10.6. The van der Waals surface area contributed by atoms with Gasteiger partial charge in [-0.05, 0) is 47.0 Å². The number of nitrogens with zero attached hydrogens (tertiary/aromatic N) is 2. The second kappa shape index (κ2) is 7.04. The van der Waals surface area contributed by atoms with E-state index in [2.05, 4.69) is 45.1 Å². The minimum absolute atomic E-state index is 0.691. The van der Waals surface area contributed by atoms with E-state index < -0.39 is 0 Å². The Morgan fingerprint density at radius 1 is 1.20 bits per heavy atom. The zero-order valence-electron chi connectivity index (χ0n) is 11.6. The number of anilines is 1. The van der Waals surface area contributed by atoms with E-state index in [-0.39, 0.29) is 0 Å². The maximum absolute atomic E-state index is 5.98. The van der Waals surface area contributed by atoms with Gasteiger partial charge in [-0.1, -0.05) is 25.4 Å². The molecule has 1 aromatic heterocycles. The lowest BCUT2D eigenvalue weighted by Crippen LogP contribution is -2.05. The molecule has 0 bridgehead atoms. The highest BCUT2D eigenvalue weighted by atomic mass is 79.9. The quantitative estimate of drug-likeness (QED) is 0.826. The van der Waals surface area contributed by atoms with Gasteiger partial charge in [-0.15, -0.1) is 0 Å². The molecule has 0 spiro atoms. The summed E-state index contributed by atoms with van der Waals surface area (Å²) in [5, 5.41) is 4.01. The third-order valence-electron chi connectivity index (χ3n) is 2.87. The Balaban J connectivity index is 2.44. The minimum Gasteiger partial charge on any atom is -0.370 e. The summed E-state index contributed by atoms with van der Waals surface area (Å²) in [6.07, 6.45) is 1.94. The SMILES string of the molecule is CCCNc1cc(CC)nc(-c2ccc(Cl)cc2Br)n1. The van der Waals surface area contributed by atoms with Crippen LogP contribution in [0.4, 0.5) is 5.82 Å². The second-order valence-electron chi connectivity index (χ2n) is 4.47. The Kier molecular flexibility index (Phi) is 5.38. The number of benzene rings is 1. The molecule has 5 heteroatoms. The summed E-state index contributed by atoms with van der Waals surface area (Å²) in [6.45, 7) is 5.12. The van der Waals surface area contributed by atoms with E-state index in [9.17, 15) is 0 Å². The van der Waals surface area contributed by atoms with E-state index in [1.165, 1.54) is 0 Å². The molecule has 0 aliphatic carbocycles. The van der Waals surface area contributed by atoms with Crippen LogP contribution in [0.5, 0.6) is 0 Å². The van der Waals surface area contributed by atoms with Gasteiger partial charge >= 0.3 is 0 Å². The van der Waals surface area contributed by atoms with E-state index in [4.69, 9.17) is 11.6 Å². The monoisotopic (exact) mass is 353 g/mol. The molecule has 1 heterocycles. The van der Waals surface area contributed by atoms with Crippen molar-refractivity contribution in [3.05, 3.63) is 39.5 Å². The van der Waals surface area contributed by atoms with Crippen LogP contribution in [-0.2, 0) is 6.42 Å². The van der Waals surface area contributed by atoms with Crippen LogP contribution in [0.1, 0.15) is 26.0 Å². The lowest BCUT2D eigenvalue weighted by Gasteiger charge is -2.10. The Morgan fingerprint density at radius 3 is 2.65 bits per heavy atom. The number of hydrogen-bond donors (Lipinski definition) is 1. The van der Waals surface area contributed by atoms with E-state index in [1.807, 2.05) is 24.3 Å². The Bertz CT molecular complexity index is 602. The Hall–Kier alpha value is -1.13. The fourth-order valence-corrected chi connectivity index (χ4v) is 2.67. The van der Waals surface area contributed by atoms with Crippen molar-refractivity contribution < 1.29 is 0 Å². The molecule has 106 valence electrons. The number of hydrogen-bond acceptors (Lipinski definition) is 3. The van der Waals surface area contributed by atoms with Crippen LogP contribution in [0.2, 0.25) is 5.02 Å². The van der Waals surface area contributed by atoms with Gasteiger partial charge in [0.25, 0.3) is 0 Å². The predicted octanol–water partition coefficient (Wildman–Crippen LogP) is 4.94. The number of halogens is 2. The maximum atomic E-state index is 5.98. The highest BCUT2D eigenvalue weighted by molar-refractivity contribution is 9.10. The maximum Gasteiger partial charge on any atom is 0.162 e. The number of aryl methyl sites for hydroxylation is 1. The molecule has 0 saturated heterocycles. The van der Waals surface area contributed by atoms with Crippen LogP contribution < -0.4 is 5.32 Å². The Morgan fingerprint density at radius 2 is 2.00 bits per heavy atom. The first-order chi connectivity index (χ1) is 9.63. The van der Waals surface area contributed by atoms with Gasteiger partial charge in [0.15, 0.2) is 5.82 Å². The summed E-state index contributed by atoms with van der Waals surface area (Å²) < 4.78 is 0.902. The highest BCUT2D eigenvalue weighted by Crippen LogP contribution is 2.29. The van der Waals surface area contributed by atoms with Crippen molar-refractivity contribution in [1.82, 2.24) is 9.97 Å². The molecule has 0 amide bonds. The first-order valence-corrected chi connectivity index (χ1v) is 7.88. The predicted molar refractivity (Wildman–Crippen MR) is 88.3 cm³/mol. The average Bonchev–Trinajstić information content (AvgIpc) is 2.44. The molecular formula is C15H17BrClN3. The van der Waals surface area contributed by atoms with Crippen molar-refractivity contribution >= 4 is 33.3 Å². The minimum atomic E-state index is 0.691. The summed E-state index contributed by atoms with van der Waals surface area (Å²) in [5.41, 5.74) is 1.97. The van der Waals surface area contributed by atoms with Crippen molar-refractivity contribution in [3.63, 3.8) is 0 Å². The number of rotatable bonds is 5. The molecule has 1 aromatic carbocycles. The second-order valence-corrected chi connectivity index (χ2v) is 5.76. The molecule has 3 nitrogen and oxygen atoms in total. The fraction of sp³-hybridized carbons (Fsp3) is 0.333. The van der Waals surface area contributed by atoms with Crippen molar-refractivity contribution in [2.45, 2.75) is 26.7 Å². The van der Waals surface area contributed by atoms with E-state index >= 15 is 0 Å². The summed E-state index contributed by atoms with van der Waals surface area (Å²) in [6, 6.07) is 7.65. The van der Waals surface area contributed by atoms with Gasteiger partial charge in [0.05, 0.1) is 0 Å². The first-order valence-electron chi connectivity index (χ1n) is 6.71. The summed E-state index contributed by atoms with van der Waals surface area (Å²) >= 11 is 9.50. The third kappa shape index (κ3) is 3.70. The average molecular weight is 355 g/mol. The van der Waals surface area contributed by atoms with Crippen LogP contribution >= 0.6 is 27.5 Å². The van der Waals surface area contributed by atoms with E-state index in [0.717, 1.165) is 40.9 Å². The smallest absolute Gasteiger partial charge is 0.162 e. The van der Waals surface area contributed by atoms with Gasteiger partial charge < -0.3 is 5.32 Å². The van der Waals surface area contributed by atoms with E-state index in [1.54, 1.807) is 0 Å². The lowest BCUT2D eigenvalue weighted by atomic mass is 10.2. The van der Waals surface area contributed by atoms with Gasteiger partial charge in [0, 0.05) is 33.4 Å².